The minimum Gasteiger partial charge on any atom is -0.392 e. The van der Waals surface area contributed by atoms with Gasteiger partial charge in [-0.25, -0.2) is 0 Å². The second-order valence-corrected chi connectivity index (χ2v) is 5.43. The Morgan fingerprint density at radius 1 is 1.25 bits per heavy atom. The number of hydrogen-bond donors (Lipinski definition) is 1. The van der Waals surface area contributed by atoms with E-state index in [9.17, 15) is 9.90 Å². The van der Waals surface area contributed by atoms with Gasteiger partial charge in [-0.1, -0.05) is 42.5 Å². The zero-order chi connectivity index (χ0) is 14.6. The second kappa shape index (κ2) is 6.16. The van der Waals surface area contributed by atoms with Crippen LogP contribution >= 0.6 is 0 Å². The number of rotatable bonds is 5. The molecule has 20 heavy (non-hydrogen) atoms. The maximum Gasteiger partial charge on any atom is 0.170 e. The molecule has 3 heteroatoms. The molecular weight excluding hydrogens is 252 g/mol. The summed E-state index contributed by atoms with van der Waals surface area (Å²) < 4.78 is 5.70. The van der Waals surface area contributed by atoms with Crippen LogP contribution in [0.2, 0.25) is 0 Å². The maximum absolute atomic E-state index is 12.3. The van der Waals surface area contributed by atoms with Gasteiger partial charge in [-0.15, -0.1) is 0 Å². The van der Waals surface area contributed by atoms with Crippen LogP contribution < -0.4 is 0 Å². The Morgan fingerprint density at radius 2 is 1.95 bits per heavy atom. The van der Waals surface area contributed by atoms with Gasteiger partial charge in [0.05, 0.1) is 25.2 Å². The Balaban J connectivity index is 2.02. The molecule has 0 heterocycles. The van der Waals surface area contributed by atoms with Crippen LogP contribution in [0.3, 0.4) is 0 Å². The van der Waals surface area contributed by atoms with E-state index in [1.165, 1.54) is 0 Å². The molecule has 0 spiro atoms. The molecule has 0 fully saturated rings. The van der Waals surface area contributed by atoms with Gasteiger partial charge in [0.2, 0.25) is 0 Å². The molecule has 1 unspecified atom stereocenters. The van der Waals surface area contributed by atoms with Crippen molar-refractivity contribution in [3.63, 3.8) is 0 Å². The predicted molar refractivity (Wildman–Crippen MR) is 78.1 cm³/mol. The molecule has 0 bridgehead atoms. The summed E-state index contributed by atoms with van der Waals surface area (Å²) in [4.78, 5) is 12.3. The number of hydrogen-bond acceptors (Lipinski definition) is 3. The number of Topliss-reactive ketones (excluding diaryl/α,β-unsaturated/α-hetero) is 1. The molecule has 0 aromatic heterocycles. The summed E-state index contributed by atoms with van der Waals surface area (Å²) in [6.45, 7) is 4.37. The number of allylic oxidation sites excluding steroid dienone is 1. The summed E-state index contributed by atoms with van der Waals surface area (Å²) in [5, 5.41) is 9.27. The normalized spacial score (nSPS) is 22.4. The molecule has 3 nitrogen and oxygen atoms in total. The number of ketones is 1. The first-order valence-electron chi connectivity index (χ1n) is 6.72. The molecule has 1 aromatic rings. The van der Waals surface area contributed by atoms with Gasteiger partial charge in [0, 0.05) is 0 Å². The predicted octanol–water partition coefficient (Wildman–Crippen LogP) is 2.66. The minimum absolute atomic E-state index is 0.0567. The van der Waals surface area contributed by atoms with Gasteiger partial charge in [-0.3, -0.25) is 4.79 Å². The molecule has 2 rings (SSSR count). The number of aliphatic hydroxyl groups excluding tert-OH is 1. The van der Waals surface area contributed by atoms with Crippen molar-refractivity contribution in [1.29, 1.82) is 0 Å². The largest absolute Gasteiger partial charge is 0.392 e. The van der Waals surface area contributed by atoms with Crippen LogP contribution in [0.4, 0.5) is 0 Å². The molecule has 1 aromatic carbocycles. The Hall–Kier alpha value is -1.71. The van der Waals surface area contributed by atoms with Crippen molar-refractivity contribution in [2.24, 2.45) is 5.41 Å². The third-order valence-electron chi connectivity index (χ3n) is 3.48. The van der Waals surface area contributed by atoms with Crippen LogP contribution in [-0.4, -0.2) is 24.1 Å². The van der Waals surface area contributed by atoms with Crippen LogP contribution in [0.15, 0.2) is 53.6 Å². The Bertz CT molecular complexity index is 543. The van der Waals surface area contributed by atoms with Crippen molar-refractivity contribution >= 4 is 5.78 Å². The first kappa shape index (κ1) is 14.7. The van der Waals surface area contributed by atoms with Crippen LogP contribution in [0.5, 0.6) is 0 Å². The molecule has 0 saturated carbocycles. The standard InChI is InChI=1S/C17H20O3/c1-13-8-15(10-18)9-17(2,16(13)19)12-20-11-14-6-4-3-5-7-14/h3-9,18H,10-12H2,1-2H3. The number of carbonyl (C=O) groups excluding carboxylic acids is 1. The summed E-state index contributed by atoms with van der Waals surface area (Å²) in [5.74, 6) is 0.0581. The van der Waals surface area contributed by atoms with Crippen molar-refractivity contribution in [1.82, 2.24) is 0 Å². The highest BCUT2D eigenvalue weighted by molar-refractivity contribution is 6.02. The summed E-state index contributed by atoms with van der Waals surface area (Å²) in [6, 6.07) is 9.86. The maximum atomic E-state index is 12.3. The summed E-state index contributed by atoms with van der Waals surface area (Å²) in [5.41, 5.74) is 1.83. The van der Waals surface area contributed by atoms with Crippen molar-refractivity contribution in [2.45, 2.75) is 20.5 Å². The SMILES string of the molecule is CC1=CC(CO)=CC(C)(COCc2ccccc2)C1=O. The van der Waals surface area contributed by atoms with Crippen molar-refractivity contribution in [3.8, 4) is 0 Å². The minimum atomic E-state index is -0.689. The highest BCUT2D eigenvalue weighted by atomic mass is 16.5. The average molecular weight is 272 g/mol. The molecule has 1 aliphatic rings. The molecule has 1 atom stereocenters. The Kier molecular flexibility index (Phi) is 4.53. The fourth-order valence-electron chi connectivity index (χ4n) is 2.46. The first-order valence-corrected chi connectivity index (χ1v) is 6.72. The van der Waals surface area contributed by atoms with Gasteiger partial charge in [0.25, 0.3) is 0 Å². The van der Waals surface area contributed by atoms with Crippen molar-refractivity contribution < 1.29 is 14.6 Å². The summed E-state index contributed by atoms with van der Waals surface area (Å²) in [6.07, 6.45) is 3.55. The van der Waals surface area contributed by atoms with Crippen LogP contribution in [0.25, 0.3) is 0 Å². The fourth-order valence-corrected chi connectivity index (χ4v) is 2.46. The van der Waals surface area contributed by atoms with E-state index in [0.717, 1.165) is 11.1 Å². The Morgan fingerprint density at radius 3 is 2.60 bits per heavy atom. The molecular formula is C17H20O3. The lowest BCUT2D eigenvalue weighted by atomic mass is 9.77. The van der Waals surface area contributed by atoms with E-state index in [1.807, 2.05) is 43.3 Å². The second-order valence-electron chi connectivity index (χ2n) is 5.43. The van der Waals surface area contributed by atoms with E-state index in [0.29, 0.717) is 18.8 Å². The van der Waals surface area contributed by atoms with E-state index in [-0.39, 0.29) is 12.4 Å². The first-order chi connectivity index (χ1) is 9.55. The van der Waals surface area contributed by atoms with Crippen molar-refractivity contribution in [2.75, 3.05) is 13.2 Å². The third-order valence-corrected chi connectivity index (χ3v) is 3.48. The molecule has 0 radical (unpaired) electrons. The lowest BCUT2D eigenvalue weighted by Gasteiger charge is -2.28. The van der Waals surface area contributed by atoms with Gasteiger partial charge < -0.3 is 9.84 Å². The number of carbonyl (C=O) groups is 1. The van der Waals surface area contributed by atoms with Crippen molar-refractivity contribution in [3.05, 3.63) is 59.2 Å². The number of ether oxygens (including phenoxy) is 1. The number of aliphatic hydroxyl groups is 1. The van der Waals surface area contributed by atoms with E-state index >= 15 is 0 Å². The molecule has 0 aliphatic heterocycles. The molecule has 0 saturated heterocycles. The lowest BCUT2D eigenvalue weighted by Crippen LogP contribution is -2.34. The van der Waals surface area contributed by atoms with Gasteiger partial charge >= 0.3 is 0 Å². The molecule has 106 valence electrons. The number of benzene rings is 1. The third kappa shape index (κ3) is 3.24. The van der Waals surface area contributed by atoms with Gasteiger partial charge in [0.15, 0.2) is 5.78 Å². The van der Waals surface area contributed by atoms with Gasteiger partial charge in [0.1, 0.15) is 0 Å². The quantitative estimate of drug-likeness (QED) is 0.896. The zero-order valence-electron chi connectivity index (χ0n) is 11.9. The summed E-state index contributed by atoms with van der Waals surface area (Å²) >= 11 is 0. The van der Waals surface area contributed by atoms with E-state index in [1.54, 1.807) is 13.0 Å². The van der Waals surface area contributed by atoms with Crippen LogP contribution in [-0.2, 0) is 16.1 Å². The highest BCUT2D eigenvalue weighted by Gasteiger charge is 2.34. The van der Waals surface area contributed by atoms with E-state index in [4.69, 9.17) is 4.74 Å². The smallest absolute Gasteiger partial charge is 0.170 e. The lowest BCUT2D eigenvalue weighted by molar-refractivity contribution is -0.125. The molecule has 1 N–H and O–H groups in total. The van der Waals surface area contributed by atoms with E-state index in [2.05, 4.69) is 0 Å². The van der Waals surface area contributed by atoms with Gasteiger partial charge in [-0.2, -0.15) is 0 Å². The summed E-state index contributed by atoms with van der Waals surface area (Å²) in [7, 11) is 0. The molecule has 1 aliphatic carbocycles. The topological polar surface area (TPSA) is 46.5 Å². The van der Waals surface area contributed by atoms with Crippen LogP contribution in [0.1, 0.15) is 19.4 Å². The zero-order valence-corrected chi connectivity index (χ0v) is 11.9. The average Bonchev–Trinajstić information content (AvgIpc) is 2.45. The monoisotopic (exact) mass is 272 g/mol. The van der Waals surface area contributed by atoms with Crippen LogP contribution in [0, 0.1) is 5.41 Å². The van der Waals surface area contributed by atoms with Gasteiger partial charge in [-0.05, 0) is 30.6 Å². The fraction of sp³-hybridized carbons (Fsp3) is 0.353. The highest BCUT2D eigenvalue weighted by Crippen LogP contribution is 2.31. The Labute approximate surface area is 119 Å². The molecule has 0 amide bonds. The van der Waals surface area contributed by atoms with E-state index < -0.39 is 5.41 Å².